The van der Waals surface area contributed by atoms with E-state index >= 15 is 0 Å². The van der Waals surface area contributed by atoms with Gasteiger partial charge in [-0.1, -0.05) is 22.0 Å². The van der Waals surface area contributed by atoms with Gasteiger partial charge in [0, 0.05) is 11.4 Å². The van der Waals surface area contributed by atoms with Crippen LogP contribution in [0.4, 0.5) is 0 Å². The van der Waals surface area contributed by atoms with Crippen LogP contribution in [0.25, 0.3) is 0 Å². The first-order valence-corrected chi connectivity index (χ1v) is 5.03. The Morgan fingerprint density at radius 2 is 2.25 bits per heavy atom. The van der Waals surface area contributed by atoms with Gasteiger partial charge in [0.05, 0.1) is 11.8 Å². The number of hydrogen-bond acceptors (Lipinski definition) is 2. The van der Waals surface area contributed by atoms with Crippen molar-refractivity contribution in [2.45, 2.75) is 25.3 Å². The van der Waals surface area contributed by atoms with E-state index in [1.165, 1.54) is 0 Å². The molecule has 0 spiro atoms. The molecule has 1 heterocycles. The number of pyridine rings is 1. The Bertz CT molecular complexity index is 250. The molecule has 1 aromatic heterocycles. The molecule has 0 bridgehead atoms. The van der Waals surface area contributed by atoms with E-state index in [2.05, 4.69) is 20.9 Å². The molecule has 0 aromatic carbocycles. The van der Waals surface area contributed by atoms with Gasteiger partial charge in [-0.05, 0) is 19.9 Å². The van der Waals surface area contributed by atoms with Crippen LogP contribution in [0.1, 0.15) is 19.5 Å². The molecule has 0 fully saturated rings. The van der Waals surface area contributed by atoms with Gasteiger partial charge in [0.1, 0.15) is 0 Å². The van der Waals surface area contributed by atoms with Crippen molar-refractivity contribution < 1.29 is 4.74 Å². The van der Waals surface area contributed by atoms with Gasteiger partial charge in [0.25, 0.3) is 0 Å². The van der Waals surface area contributed by atoms with Crippen molar-refractivity contribution in [2.75, 3.05) is 0 Å². The lowest BCUT2D eigenvalue weighted by Crippen LogP contribution is -2.07. The zero-order valence-corrected chi connectivity index (χ0v) is 8.84. The number of halogens is 1. The normalized spacial score (nSPS) is 10.3. The molecule has 0 radical (unpaired) electrons. The molecule has 1 rings (SSSR count). The summed E-state index contributed by atoms with van der Waals surface area (Å²) in [7, 11) is 0. The molecule has 12 heavy (non-hydrogen) atoms. The predicted molar refractivity (Wildman–Crippen MR) is 52.6 cm³/mol. The van der Waals surface area contributed by atoms with E-state index in [1.54, 1.807) is 0 Å². The Balaban J connectivity index is 2.72. The summed E-state index contributed by atoms with van der Waals surface area (Å²) in [5, 5.41) is 0.766. The number of hydrogen-bond donors (Lipinski definition) is 0. The number of alkyl halides is 1. The Hall–Kier alpha value is -0.570. The minimum absolute atomic E-state index is 0.183. The van der Waals surface area contributed by atoms with E-state index in [-0.39, 0.29) is 6.10 Å². The first kappa shape index (κ1) is 9.52. The molecule has 66 valence electrons. The van der Waals surface area contributed by atoms with Gasteiger partial charge in [-0.2, -0.15) is 0 Å². The van der Waals surface area contributed by atoms with Crippen LogP contribution in [-0.4, -0.2) is 11.1 Å². The minimum Gasteiger partial charge on any atom is -0.475 e. The molecule has 3 heteroatoms. The summed E-state index contributed by atoms with van der Waals surface area (Å²) in [5.41, 5.74) is 0.994. The van der Waals surface area contributed by atoms with Gasteiger partial charge in [-0.3, -0.25) is 0 Å². The van der Waals surface area contributed by atoms with Crippen molar-refractivity contribution >= 4 is 15.9 Å². The Kier molecular flexibility index (Phi) is 3.53. The fraction of sp³-hybridized carbons (Fsp3) is 0.444. The SMILES string of the molecule is CC(C)Oc1cccc(CBr)n1. The second kappa shape index (κ2) is 4.45. The highest BCUT2D eigenvalue weighted by atomic mass is 79.9. The molecule has 1 aromatic rings. The van der Waals surface area contributed by atoms with Gasteiger partial charge in [-0.15, -0.1) is 0 Å². The molecule has 0 aliphatic carbocycles. The van der Waals surface area contributed by atoms with E-state index in [0.29, 0.717) is 5.88 Å². The first-order valence-electron chi connectivity index (χ1n) is 3.91. The van der Waals surface area contributed by atoms with Crippen molar-refractivity contribution in [1.82, 2.24) is 4.98 Å². The Labute approximate surface area is 81.1 Å². The summed E-state index contributed by atoms with van der Waals surface area (Å²) in [4.78, 5) is 4.26. The quantitative estimate of drug-likeness (QED) is 0.745. The third kappa shape index (κ3) is 2.81. The van der Waals surface area contributed by atoms with E-state index < -0.39 is 0 Å². The first-order chi connectivity index (χ1) is 5.72. The molecule has 0 aliphatic rings. The summed E-state index contributed by atoms with van der Waals surface area (Å²) in [6, 6.07) is 5.77. The summed E-state index contributed by atoms with van der Waals surface area (Å²) >= 11 is 3.34. The smallest absolute Gasteiger partial charge is 0.213 e. The summed E-state index contributed by atoms with van der Waals surface area (Å²) in [6.45, 7) is 3.98. The van der Waals surface area contributed by atoms with Crippen molar-refractivity contribution in [2.24, 2.45) is 0 Å². The highest BCUT2D eigenvalue weighted by Gasteiger charge is 1.99. The molecule has 0 atom stereocenters. The maximum absolute atomic E-state index is 5.42. The maximum atomic E-state index is 5.42. The Morgan fingerprint density at radius 3 is 2.83 bits per heavy atom. The van der Waals surface area contributed by atoms with Crippen LogP contribution in [0.3, 0.4) is 0 Å². The fourth-order valence-electron chi connectivity index (χ4n) is 0.839. The fourth-order valence-corrected chi connectivity index (χ4v) is 1.15. The van der Waals surface area contributed by atoms with Crippen LogP contribution >= 0.6 is 15.9 Å². The lowest BCUT2D eigenvalue weighted by molar-refractivity contribution is 0.232. The van der Waals surface area contributed by atoms with Crippen LogP contribution < -0.4 is 4.74 Å². The molecule has 0 aliphatic heterocycles. The summed E-state index contributed by atoms with van der Waals surface area (Å²) in [5.74, 6) is 0.696. The molecule has 2 nitrogen and oxygen atoms in total. The average molecular weight is 230 g/mol. The number of nitrogens with zero attached hydrogens (tertiary/aromatic N) is 1. The third-order valence-electron chi connectivity index (χ3n) is 1.27. The van der Waals surface area contributed by atoms with Gasteiger partial charge in [-0.25, -0.2) is 4.98 Å². The van der Waals surface area contributed by atoms with Crippen molar-refractivity contribution in [1.29, 1.82) is 0 Å². The Morgan fingerprint density at radius 1 is 1.50 bits per heavy atom. The van der Waals surface area contributed by atoms with Crippen LogP contribution in [0.2, 0.25) is 0 Å². The molecular formula is C9H12BrNO. The van der Waals surface area contributed by atoms with E-state index in [4.69, 9.17) is 4.74 Å². The van der Waals surface area contributed by atoms with Crippen molar-refractivity contribution in [3.63, 3.8) is 0 Å². The predicted octanol–water partition coefficient (Wildman–Crippen LogP) is 2.76. The highest BCUT2D eigenvalue weighted by Crippen LogP contribution is 2.11. The van der Waals surface area contributed by atoms with Crippen LogP contribution in [0.5, 0.6) is 5.88 Å². The maximum Gasteiger partial charge on any atom is 0.213 e. The zero-order chi connectivity index (χ0) is 8.97. The van der Waals surface area contributed by atoms with Gasteiger partial charge in [0.2, 0.25) is 5.88 Å². The molecule has 0 saturated heterocycles. The van der Waals surface area contributed by atoms with E-state index in [0.717, 1.165) is 11.0 Å². The lowest BCUT2D eigenvalue weighted by Gasteiger charge is -2.08. The molecule has 0 saturated carbocycles. The van der Waals surface area contributed by atoms with Gasteiger partial charge >= 0.3 is 0 Å². The van der Waals surface area contributed by atoms with Crippen molar-refractivity contribution in [3.8, 4) is 5.88 Å². The van der Waals surface area contributed by atoms with Gasteiger partial charge < -0.3 is 4.74 Å². The average Bonchev–Trinajstić information content (AvgIpc) is 2.03. The highest BCUT2D eigenvalue weighted by molar-refractivity contribution is 9.08. The van der Waals surface area contributed by atoms with E-state index in [9.17, 15) is 0 Å². The number of aromatic nitrogens is 1. The number of rotatable bonds is 3. The van der Waals surface area contributed by atoms with Crippen LogP contribution in [0, 0.1) is 0 Å². The lowest BCUT2D eigenvalue weighted by atomic mass is 10.4. The second-order valence-electron chi connectivity index (χ2n) is 2.77. The van der Waals surface area contributed by atoms with E-state index in [1.807, 2.05) is 32.0 Å². The van der Waals surface area contributed by atoms with Gasteiger partial charge in [0.15, 0.2) is 0 Å². The molecule has 0 N–H and O–H groups in total. The van der Waals surface area contributed by atoms with Crippen molar-refractivity contribution in [3.05, 3.63) is 23.9 Å². The second-order valence-corrected chi connectivity index (χ2v) is 3.33. The molecular weight excluding hydrogens is 218 g/mol. The topological polar surface area (TPSA) is 22.1 Å². The molecule has 0 amide bonds. The summed E-state index contributed by atoms with van der Waals surface area (Å²) < 4.78 is 5.42. The van der Waals surface area contributed by atoms with Crippen LogP contribution in [0.15, 0.2) is 18.2 Å². The number of ether oxygens (including phenoxy) is 1. The largest absolute Gasteiger partial charge is 0.475 e. The third-order valence-corrected chi connectivity index (χ3v) is 1.85. The zero-order valence-electron chi connectivity index (χ0n) is 7.25. The molecule has 0 unspecified atom stereocenters. The standard InChI is InChI=1S/C9H12BrNO/c1-7(2)12-9-5-3-4-8(6-10)11-9/h3-5,7H,6H2,1-2H3. The van der Waals surface area contributed by atoms with Crippen LogP contribution in [-0.2, 0) is 5.33 Å². The monoisotopic (exact) mass is 229 g/mol. The minimum atomic E-state index is 0.183. The summed E-state index contributed by atoms with van der Waals surface area (Å²) in [6.07, 6.45) is 0.183.